The van der Waals surface area contributed by atoms with E-state index in [4.69, 9.17) is 9.26 Å². The van der Waals surface area contributed by atoms with E-state index in [0.29, 0.717) is 11.8 Å². The minimum absolute atomic E-state index is 0.0901. The van der Waals surface area contributed by atoms with Crippen LogP contribution in [0.3, 0.4) is 0 Å². The normalized spacial score (nSPS) is 19.2. The Morgan fingerprint density at radius 3 is 2.80 bits per heavy atom. The van der Waals surface area contributed by atoms with E-state index < -0.39 is 0 Å². The van der Waals surface area contributed by atoms with Crippen LogP contribution >= 0.6 is 0 Å². The SMILES string of the molecule is CNC(C)c1nc(N2CCOCC2)no1. The van der Waals surface area contributed by atoms with Crippen molar-refractivity contribution in [2.45, 2.75) is 13.0 Å². The number of anilines is 1. The van der Waals surface area contributed by atoms with Gasteiger partial charge < -0.3 is 19.5 Å². The van der Waals surface area contributed by atoms with Gasteiger partial charge in [0, 0.05) is 13.1 Å². The van der Waals surface area contributed by atoms with E-state index in [1.807, 2.05) is 14.0 Å². The van der Waals surface area contributed by atoms with E-state index in [9.17, 15) is 0 Å². The van der Waals surface area contributed by atoms with Gasteiger partial charge in [-0.2, -0.15) is 4.98 Å². The summed E-state index contributed by atoms with van der Waals surface area (Å²) >= 11 is 0. The summed E-state index contributed by atoms with van der Waals surface area (Å²) in [5.74, 6) is 1.29. The van der Waals surface area contributed by atoms with Crippen molar-refractivity contribution < 1.29 is 9.26 Å². The number of ether oxygens (including phenoxy) is 1. The molecule has 1 aliphatic heterocycles. The quantitative estimate of drug-likeness (QED) is 0.771. The van der Waals surface area contributed by atoms with Crippen molar-refractivity contribution in [3.63, 3.8) is 0 Å². The van der Waals surface area contributed by atoms with Crippen LogP contribution in [-0.4, -0.2) is 43.5 Å². The Morgan fingerprint density at radius 1 is 1.40 bits per heavy atom. The summed E-state index contributed by atoms with van der Waals surface area (Å²) in [4.78, 5) is 6.40. The third-order valence-electron chi connectivity index (χ3n) is 2.53. The number of morpholine rings is 1. The molecule has 0 amide bonds. The van der Waals surface area contributed by atoms with Gasteiger partial charge >= 0.3 is 0 Å². The molecule has 0 spiro atoms. The van der Waals surface area contributed by atoms with Crippen molar-refractivity contribution in [1.82, 2.24) is 15.5 Å². The van der Waals surface area contributed by atoms with Crippen LogP contribution in [0.15, 0.2) is 4.52 Å². The van der Waals surface area contributed by atoms with Crippen molar-refractivity contribution in [3.05, 3.63) is 5.89 Å². The van der Waals surface area contributed by atoms with Crippen molar-refractivity contribution in [1.29, 1.82) is 0 Å². The molecule has 1 N–H and O–H groups in total. The van der Waals surface area contributed by atoms with Crippen LogP contribution in [0.1, 0.15) is 18.9 Å². The van der Waals surface area contributed by atoms with E-state index in [1.165, 1.54) is 0 Å². The predicted octanol–water partition coefficient (Wildman–Crippen LogP) is 0.187. The smallest absolute Gasteiger partial charge is 0.266 e. The monoisotopic (exact) mass is 212 g/mol. The maximum Gasteiger partial charge on any atom is 0.266 e. The molecule has 1 unspecified atom stereocenters. The zero-order chi connectivity index (χ0) is 10.7. The third kappa shape index (κ3) is 2.27. The Labute approximate surface area is 88.6 Å². The summed E-state index contributed by atoms with van der Waals surface area (Å²) in [6.07, 6.45) is 0. The summed E-state index contributed by atoms with van der Waals surface area (Å²) in [6, 6.07) is 0.0901. The van der Waals surface area contributed by atoms with Crippen molar-refractivity contribution >= 4 is 5.95 Å². The predicted molar refractivity (Wildman–Crippen MR) is 54.8 cm³/mol. The first-order valence-electron chi connectivity index (χ1n) is 5.15. The van der Waals surface area contributed by atoms with Gasteiger partial charge in [0.15, 0.2) is 0 Å². The van der Waals surface area contributed by atoms with Crippen molar-refractivity contribution in [2.75, 3.05) is 38.3 Å². The Morgan fingerprint density at radius 2 is 2.13 bits per heavy atom. The molecule has 15 heavy (non-hydrogen) atoms. The molecular formula is C9H16N4O2. The molecule has 1 aromatic heterocycles. The molecule has 2 rings (SSSR count). The Balaban J connectivity index is 2.05. The summed E-state index contributed by atoms with van der Waals surface area (Å²) in [6.45, 7) is 5.09. The second kappa shape index (κ2) is 4.59. The summed E-state index contributed by atoms with van der Waals surface area (Å²) in [7, 11) is 1.86. The first-order valence-corrected chi connectivity index (χ1v) is 5.15. The number of nitrogens with zero attached hydrogens (tertiary/aromatic N) is 3. The third-order valence-corrected chi connectivity index (χ3v) is 2.53. The molecule has 1 atom stereocenters. The molecule has 6 nitrogen and oxygen atoms in total. The molecule has 0 radical (unpaired) electrons. The van der Waals surface area contributed by atoms with Crippen LogP contribution in [0.5, 0.6) is 0 Å². The average molecular weight is 212 g/mol. The molecule has 0 bridgehead atoms. The van der Waals surface area contributed by atoms with E-state index >= 15 is 0 Å². The number of nitrogens with one attached hydrogen (secondary N) is 1. The highest BCUT2D eigenvalue weighted by Gasteiger charge is 2.18. The zero-order valence-electron chi connectivity index (χ0n) is 9.06. The molecule has 1 aromatic rings. The highest BCUT2D eigenvalue weighted by molar-refractivity contribution is 5.28. The lowest BCUT2D eigenvalue weighted by Crippen LogP contribution is -2.36. The van der Waals surface area contributed by atoms with Crippen LogP contribution < -0.4 is 10.2 Å². The Bertz CT molecular complexity index is 309. The van der Waals surface area contributed by atoms with Crippen LogP contribution in [0, 0.1) is 0 Å². The van der Waals surface area contributed by atoms with Crippen LogP contribution in [-0.2, 0) is 4.74 Å². The molecule has 1 fully saturated rings. The first kappa shape index (κ1) is 10.4. The topological polar surface area (TPSA) is 63.4 Å². The van der Waals surface area contributed by atoms with Gasteiger partial charge in [-0.25, -0.2) is 0 Å². The lowest BCUT2D eigenvalue weighted by Gasteiger charge is -2.24. The molecule has 0 aliphatic carbocycles. The van der Waals surface area contributed by atoms with Crippen LogP contribution in [0.4, 0.5) is 5.95 Å². The maximum atomic E-state index is 5.26. The van der Waals surface area contributed by atoms with Gasteiger partial charge in [0.05, 0.1) is 19.3 Å². The first-order chi connectivity index (χ1) is 7.31. The van der Waals surface area contributed by atoms with Crippen LogP contribution in [0.2, 0.25) is 0 Å². The molecule has 1 saturated heterocycles. The van der Waals surface area contributed by atoms with Gasteiger partial charge in [-0.3, -0.25) is 0 Å². The second-order valence-electron chi connectivity index (χ2n) is 3.54. The second-order valence-corrected chi connectivity index (χ2v) is 3.54. The summed E-state index contributed by atoms with van der Waals surface area (Å²) in [5, 5.41) is 7.01. The molecule has 2 heterocycles. The highest BCUT2D eigenvalue weighted by Crippen LogP contribution is 2.15. The lowest BCUT2D eigenvalue weighted by molar-refractivity contribution is 0.121. The zero-order valence-corrected chi connectivity index (χ0v) is 9.06. The van der Waals surface area contributed by atoms with Gasteiger partial charge in [0.1, 0.15) is 0 Å². The molecule has 0 saturated carbocycles. The van der Waals surface area contributed by atoms with E-state index in [0.717, 1.165) is 26.3 Å². The lowest BCUT2D eigenvalue weighted by atomic mass is 10.3. The van der Waals surface area contributed by atoms with E-state index in [-0.39, 0.29) is 6.04 Å². The van der Waals surface area contributed by atoms with E-state index in [1.54, 1.807) is 0 Å². The molecule has 6 heteroatoms. The number of rotatable bonds is 3. The maximum absolute atomic E-state index is 5.26. The molecule has 1 aliphatic rings. The summed E-state index contributed by atoms with van der Waals surface area (Å²) in [5.41, 5.74) is 0. The van der Waals surface area contributed by atoms with E-state index in [2.05, 4.69) is 20.4 Å². The molecular weight excluding hydrogens is 196 g/mol. The number of hydrogen-bond acceptors (Lipinski definition) is 6. The van der Waals surface area contributed by atoms with Gasteiger partial charge in [-0.1, -0.05) is 0 Å². The minimum Gasteiger partial charge on any atom is -0.378 e. The molecule has 84 valence electrons. The van der Waals surface area contributed by atoms with Crippen molar-refractivity contribution in [3.8, 4) is 0 Å². The fourth-order valence-corrected chi connectivity index (χ4v) is 1.42. The van der Waals surface area contributed by atoms with Gasteiger partial charge in [0.25, 0.3) is 5.95 Å². The fourth-order valence-electron chi connectivity index (χ4n) is 1.42. The number of hydrogen-bond donors (Lipinski definition) is 1. The fraction of sp³-hybridized carbons (Fsp3) is 0.778. The highest BCUT2D eigenvalue weighted by atomic mass is 16.5. The summed E-state index contributed by atoms with van der Waals surface area (Å²) < 4.78 is 10.4. The van der Waals surface area contributed by atoms with Gasteiger partial charge in [-0.05, 0) is 19.1 Å². The average Bonchev–Trinajstić information content (AvgIpc) is 2.78. The number of aromatic nitrogens is 2. The Hall–Kier alpha value is -1.14. The largest absolute Gasteiger partial charge is 0.378 e. The Kier molecular flexibility index (Phi) is 3.17. The minimum atomic E-state index is 0.0901. The van der Waals surface area contributed by atoms with Gasteiger partial charge in [-0.15, -0.1) is 0 Å². The molecule has 0 aromatic carbocycles. The van der Waals surface area contributed by atoms with Gasteiger partial charge in [0.2, 0.25) is 5.89 Å². The van der Waals surface area contributed by atoms with Crippen LogP contribution in [0.25, 0.3) is 0 Å². The van der Waals surface area contributed by atoms with Crippen molar-refractivity contribution in [2.24, 2.45) is 0 Å². The standard InChI is InChI=1S/C9H16N4O2/c1-7(10-2)8-11-9(12-15-8)13-3-5-14-6-4-13/h7,10H,3-6H2,1-2H3.